The summed E-state index contributed by atoms with van der Waals surface area (Å²) in [6, 6.07) is 0. The van der Waals surface area contributed by atoms with Crippen LogP contribution in [-0.2, 0) is 0 Å². The van der Waals surface area contributed by atoms with Crippen molar-refractivity contribution in [3.63, 3.8) is 0 Å². The first-order valence-corrected chi connectivity index (χ1v) is 6.06. The molecule has 1 heterocycles. The Morgan fingerprint density at radius 2 is 2.13 bits per heavy atom. The average molecular weight is 204 g/mol. The number of hydrogen-bond acceptors (Lipinski definition) is 2. The molecule has 2 aliphatic rings. The van der Waals surface area contributed by atoms with Gasteiger partial charge in [-0.1, -0.05) is 44.1 Å². The van der Waals surface area contributed by atoms with Crippen molar-refractivity contribution < 1.29 is 0 Å². The first kappa shape index (κ1) is 10.5. The summed E-state index contributed by atoms with van der Waals surface area (Å²) in [6.07, 6.45) is 12.6. The molecule has 0 fully saturated rings. The SMILES string of the molecule is CCCCCN1CCN=C1C1C=CC=C1. The molecule has 0 atom stereocenters. The van der Waals surface area contributed by atoms with E-state index in [0.29, 0.717) is 5.92 Å². The summed E-state index contributed by atoms with van der Waals surface area (Å²) in [5.41, 5.74) is 0. The van der Waals surface area contributed by atoms with E-state index in [9.17, 15) is 0 Å². The molecular formula is C13H20N2. The maximum atomic E-state index is 4.62. The highest BCUT2D eigenvalue weighted by molar-refractivity contribution is 5.89. The minimum absolute atomic E-state index is 0.453. The van der Waals surface area contributed by atoms with Crippen molar-refractivity contribution in [3.05, 3.63) is 24.3 Å². The second-order valence-electron chi connectivity index (χ2n) is 4.23. The van der Waals surface area contributed by atoms with Gasteiger partial charge in [0.1, 0.15) is 5.84 Å². The van der Waals surface area contributed by atoms with Crippen LogP contribution in [0, 0.1) is 5.92 Å². The van der Waals surface area contributed by atoms with Crippen LogP contribution in [0.15, 0.2) is 29.3 Å². The Kier molecular flexibility index (Phi) is 3.59. The molecule has 15 heavy (non-hydrogen) atoms. The van der Waals surface area contributed by atoms with Crippen LogP contribution >= 0.6 is 0 Å². The Bertz CT molecular complexity index is 277. The quantitative estimate of drug-likeness (QED) is 0.629. The van der Waals surface area contributed by atoms with Gasteiger partial charge in [-0.15, -0.1) is 0 Å². The third kappa shape index (κ3) is 2.49. The molecule has 1 aliphatic heterocycles. The van der Waals surface area contributed by atoms with Gasteiger partial charge in [0.2, 0.25) is 0 Å². The van der Waals surface area contributed by atoms with E-state index in [4.69, 9.17) is 0 Å². The van der Waals surface area contributed by atoms with Crippen LogP contribution < -0.4 is 0 Å². The minimum Gasteiger partial charge on any atom is -0.358 e. The van der Waals surface area contributed by atoms with Crippen LogP contribution in [0.1, 0.15) is 26.2 Å². The number of rotatable bonds is 5. The molecule has 0 amide bonds. The summed E-state index contributed by atoms with van der Waals surface area (Å²) in [5, 5.41) is 0. The van der Waals surface area contributed by atoms with Crippen LogP contribution in [0.3, 0.4) is 0 Å². The lowest BCUT2D eigenvalue weighted by molar-refractivity contribution is 0.427. The Balaban J connectivity index is 1.87. The lowest BCUT2D eigenvalue weighted by Gasteiger charge is -2.22. The van der Waals surface area contributed by atoms with Gasteiger partial charge in [-0.05, 0) is 6.42 Å². The van der Waals surface area contributed by atoms with Crippen LogP contribution in [-0.4, -0.2) is 30.4 Å². The van der Waals surface area contributed by atoms with Crippen molar-refractivity contribution in [2.24, 2.45) is 10.9 Å². The standard InChI is InChI=1S/C13H20N2/c1-2-3-6-10-15-11-9-14-13(15)12-7-4-5-8-12/h4-5,7-8,12H,2-3,6,9-11H2,1H3. The fourth-order valence-corrected chi connectivity index (χ4v) is 2.20. The van der Waals surface area contributed by atoms with Crippen LogP contribution in [0.25, 0.3) is 0 Å². The largest absolute Gasteiger partial charge is 0.358 e. The normalized spacial score (nSPS) is 20.3. The van der Waals surface area contributed by atoms with E-state index in [2.05, 4.69) is 41.1 Å². The maximum Gasteiger partial charge on any atom is 0.110 e. The molecule has 0 aromatic rings. The monoisotopic (exact) mass is 204 g/mol. The summed E-state index contributed by atoms with van der Waals surface area (Å²) in [6.45, 7) is 5.54. The summed E-state index contributed by atoms with van der Waals surface area (Å²) in [5.74, 6) is 1.74. The van der Waals surface area contributed by atoms with Gasteiger partial charge in [-0.3, -0.25) is 4.99 Å². The highest BCUT2D eigenvalue weighted by atomic mass is 15.2. The molecule has 0 bridgehead atoms. The molecule has 0 saturated heterocycles. The Morgan fingerprint density at radius 1 is 1.33 bits per heavy atom. The Morgan fingerprint density at radius 3 is 2.87 bits per heavy atom. The summed E-state index contributed by atoms with van der Waals surface area (Å²) < 4.78 is 0. The van der Waals surface area contributed by atoms with Gasteiger partial charge in [-0.2, -0.15) is 0 Å². The number of allylic oxidation sites excluding steroid dienone is 2. The van der Waals surface area contributed by atoms with Crippen molar-refractivity contribution in [2.45, 2.75) is 26.2 Å². The molecule has 0 N–H and O–H groups in total. The number of aliphatic imine (C=N–C) groups is 1. The second-order valence-corrected chi connectivity index (χ2v) is 4.23. The molecule has 2 rings (SSSR count). The van der Waals surface area contributed by atoms with E-state index in [-0.39, 0.29) is 0 Å². The smallest absolute Gasteiger partial charge is 0.110 e. The third-order valence-corrected chi connectivity index (χ3v) is 3.05. The van der Waals surface area contributed by atoms with E-state index in [0.717, 1.165) is 13.1 Å². The molecule has 82 valence electrons. The van der Waals surface area contributed by atoms with Crippen molar-refractivity contribution >= 4 is 5.84 Å². The van der Waals surface area contributed by atoms with Crippen molar-refractivity contribution in [2.75, 3.05) is 19.6 Å². The zero-order valence-corrected chi connectivity index (χ0v) is 9.52. The van der Waals surface area contributed by atoms with Crippen LogP contribution in [0.2, 0.25) is 0 Å². The van der Waals surface area contributed by atoms with Gasteiger partial charge < -0.3 is 4.90 Å². The van der Waals surface area contributed by atoms with Gasteiger partial charge in [0.25, 0.3) is 0 Å². The lowest BCUT2D eigenvalue weighted by atomic mass is 10.1. The zero-order valence-electron chi connectivity index (χ0n) is 9.52. The molecule has 0 spiro atoms. The van der Waals surface area contributed by atoms with Crippen LogP contribution in [0.5, 0.6) is 0 Å². The number of amidine groups is 1. The summed E-state index contributed by atoms with van der Waals surface area (Å²) in [4.78, 5) is 7.08. The van der Waals surface area contributed by atoms with Crippen molar-refractivity contribution in [1.82, 2.24) is 4.90 Å². The van der Waals surface area contributed by atoms with E-state index in [1.54, 1.807) is 0 Å². The molecule has 2 heteroatoms. The Labute approximate surface area is 92.4 Å². The molecule has 2 nitrogen and oxygen atoms in total. The first-order chi connectivity index (χ1) is 7.42. The maximum absolute atomic E-state index is 4.62. The highest BCUT2D eigenvalue weighted by Gasteiger charge is 2.22. The van der Waals surface area contributed by atoms with Crippen molar-refractivity contribution in [1.29, 1.82) is 0 Å². The molecule has 0 saturated carbocycles. The van der Waals surface area contributed by atoms with E-state index in [1.165, 1.54) is 31.6 Å². The van der Waals surface area contributed by atoms with Gasteiger partial charge >= 0.3 is 0 Å². The average Bonchev–Trinajstić information content (AvgIpc) is 2.87. The molecule has 0 aromatic carbocycles. The van der Waals surface area contributed by atoms with E-state index >= 15 is 0 Å². The number of unbranched alkanes of at least 4 members (excludes halogenated alkanes) is 2. The van der Waals surface area contributed by atoms with Gasteiger partial charge in [-0.25, -0.2) is 0 Å². The fraction of sp³-hybridized carbons (Fsp3) is 0.615. The number of hydrogen-bond donors (Lipinski definition) is 0. The van der Waals surface area contributed by atoms with Crippen molar-refractivity contribution in [3.8, 4) is 0 Å². The molecule has 0 unspecified atom stereocenters. The van der Waals surface area contributed by atoms with Crippen LogP contribution in [0.4, 0.5) is 0 Å². The molecule has 0 radical (unpaired) electrons. The highest BCUT2D eigenvalue weighted by Crippen LogP contribution is 2.18. The predicted octanol–water partition coefficient (Wildman–Crippen LogP) is 2.63. The zero-order chi connectivity index (χ0) is 10.5. The fourth-order valence-electron chi connectivity index (χ4n) is 2.20. The second kappa shape index (κ2) is 5.15. The number of nitrogens with zero attached hydrogens (tertiary/aromatic N) is 2. The van der Waals surface area contributed by atoms with E-state index < -0.39 is 0 Å². The van der Waals surface area contributed by atoms with Gasteiger partial charge in [0, 0.05) is 13.1 Å². The molecular weight excluding hydrogens is 184 g/mol. The van der Waals surface area contributed by atoms with E-state index in [1.807, 2.05) is 0 Å². The Hall–Kier alpha value is -1.05. The topological polar surface area (TPSA) is 15.6 Å². The summed E-state index contributed by atoms with van der Waals surface area (Å²) in [7, 11) is 0. The molecule has 0 aromatic heterocycles. The lowest BCUT2D eigenvalue weighted by Crippen LogP contribution is -2.32. The summed E-state index contributed by atoms with van der Waals surface area (Å²) >= 11 is 0. The van der Waals surface area contributed by atoms with Gasteiger partial charge in [0.05, 0.1) is 12.5 Å². The van der Waals surface area contributed by atoms with Gasteiger partial charge in [0.15, 0.2) is 0 Å². The third-order valence-electron chi connectivity index (χ3n) is 3.05. The molecule has 1 aliphatic carbocycles. The predicted molar refractivity (Wildman–Crippen MR) is 65.2 cm³/mol. The first-order valence-electron chi connectivity index (χ1n) is 6.06. The minimum atomic E-state index is 0.453.